The lowest BCUT2D eigenvalue weighted by molar-refractivity contribution is -0.385. The van der Waals surface area contributed by atoms with E-state index in [1.54, 1.807) is 0 Å². The molecule has 2 heterocycles. The SMILES string of the molecule is CCn1c(SCn2cc([N+](=O)[O-])cn2)nnc1-c1ccc(C(C)(C)C)cc1. The molecule has 0 spiro atoms. The summed E-state index contributed by atoms with van der Waals surface area (Å²) in [5.74, 6) is 1.24. The van der Waals surface area contributed by atoms with E-state index in [0.29, 0.717) is 5.88 Å². The minimum Gasteiger partial charge on any atom is -0.302 e. The number of hydrogen-bond acceptors (Lipinski definition) is 6. The third kappa shape index (κ3) is 4.19. The van der Waals surface area contributed by atoms with Crippen molar-refractivity contribution in [3.05, 3.63) is 52.3 Å². The van der Waals surface area contributed by atoms with E-state index in [2.05, 4.69) is 60.3 Å². The first-order valence-corrected chi connectivity index (χ1v) is 9.62. The van der Waals surface area contributed by atoms with Crippen LogP contribution in [0.25, 0.3) is 11.4 Å². The van der Waals surface area contributed by atoms with Gasteiger partial charge in [-0.3, -0.25) is 14.8 Å². The number of rotatable bonds is 6. The van der Waals surface area contributed by atoms with Gasteiger partial charge in [0, 0.05) is 12.1 Å². The molecule has 0 aliphatic rings. The first-order valence-electron chi connectivity index (χ1n) is 8.63. The summed E-state index contributed by atoms with van der Waals surface area (Å²) in [6.07, 6.45) is 2.65. The smallest absolute Gasteiger partial charge is 0.302 e. The van der Waals surface area contributed by atoms with E-state index in [1.165, 1.54) is 34.4 Å². The molecule has 27 heavy (non-hydrogen) atoms. The summed E-state index contributed by atoms with van der Waals surface area (Å²) in [6, 6.07) is 8.39. The van der Waals surface area contributed by atoms with Crippen LogP contribution in [0.1, 0.15) is 33.3 Å². The second-order valence-corrected chi connectivity index (χ2v) is 8.06. The van der Waals surface area contributed by atoms with E-state index in [9.17, 15) is 10.1 Å². The van der Waals surface area contributed by atoms with Gasteiger partial charge in [0.05, 0.1) is 10.8 Å². The van der Waals surface area contributed by atoms with Crippen molar-refractivity contribution in [3.8, 4) is 11.4 Å². The average molecular weight is 386 g/mol. The fourth-order valence-electron chi connectivity index (χ4n) is 2.65. The van der Waals surface area contributed by atoms with E-state index in [1.807, 2.05) is 11.5 Å². The largest absolute Gasteiger partial charge is 0.307 e. The van der Waals surface area contributed by atoms with Gasteiger partial charge < -0.3 is 4.57 Å². The number of benzene rings is 1. The highest BCUT2D eigenvalue weighted by atomic mass is 32.2. The minimum absolute atomic E-state index is 0.0211. The average Bonchev–Trinajstić information content (AvgIpc) is 3.26. The lowest BCUT2D eigenvalue weighted by atomic mass is 9.87. The number of aromatic nitrogens is 5. The summed E-state index contributed by atoms with van der Waals surface area (Å²) in [7, 11) is 0. The predicted octanol–water partition coefficient (Wildman–Crippen LogP) is 4.12. The number of thioether (sulfide) groups is 1. The van der Waals surface area contributed by atoms with Gasteiger partial charge in [-0.2, -0.15) is 5.10 Å². The number of nitrogens with zero attached hydrogens (tertiary/aromatic N) is 6. The van der Waals surface area contributed by atoms with Gasteiger partial charge in [-0.1, -0.05) is 56.8 Å². The van der Waals surface area contributed by atoms with E-state index in [0.717, 1.165) is 23.1 Å². The third-order valence-electron chi connectivity index (χ3n) is 4.20. The maximum atomic E-state index is 10.8. The van der Waals surface area contributed by atoms with Crippen LogP contribution < -0.4 is 0 Å². The molecule has 0 fully saturated rings. The Kier molecular flexibility index (Phi) is 5.31. The molecule has 0 saturated carbocycles. The van der Waals surface area contributed by atoms with Crippen LogP contribution in [0.5, 0.6) is 0 Å². The van der Waals surface area contributed by atoms with Gasteiger partial charge in [0.15, 0.2) is 11.0 Å². The van der Waals surface area contributed by atoms with Crippen molar-refractivity contribution in [2.75, 3.05) is 0 Å². The molecule has 3 aromatic rings. The molecule has 0 aliphatic heterocycles. The molecule has 3 rings (SSSR count). The molecule has 2 aromatic heterocycles. The molecule has 0 unspecified atom stereocenters. The molecule has 1 aromatic carbocycles. The molecule has 0 bridgehead atoms. The van der Waals surface area contributed by atoms with Crippen molar-refractivity contribution in [3.63, 3.8) is 0 Å². The second kappa shape index (κ2) is 7.51. The van der Waals surface area contributed by atoms with Gasteiger partial charge in [0.1, 0.15) is 12.4 Å². The summed E-state index contributed by atoms with van der Waals surface area (Å²) in [5, 5.41) is 24.2. The van der Waals surface area contributed by atoms with Crippen LogP contribution in [0, 0.1) is 10.1 Å². The quantitative estimate of drug-likeness (QED) is 0.359. The minimum atomic E-state index is -0.456. The Morgan fingerprint density at radius 3 is 2.44 bits per heavy atom. The molecule has 0 saturated heterocycles. The predicted molar refractivity (Wildman–Crippen MR) is 105 cm³/mol. The molecule has 0 amide bonds. The van der Waals surface area contributed by atoms with Gasteiger partial charge in [-0.15, -0.1) is 10.2 Å². The van der Waals surface area contributed by atoms with Crippen molar-refractivity contribution >= 4 is 17.4 Å². The maximum absolute atomic E-state index is 10.8. The first-order chi connectivity index (χ1) is 12.8. The van der Waals surface area contributed by atoms with Gasteiger partial charge in [0.25, 0.3) is 0 Å². The van der Waals surface area contributed by atoms with E-state index in [4.69, 9.17) is 0 Å². The lowest BCUT2D eigenvalue weighted by Gasteiger charge is -2.19. The van der Waals surface area contributed by atoms with E-state index in [-0.39, 0.29) is 11.1 Å². The van der Waals surface area contributed by atoms with Crippen LogP contribution in [0.4, 0.5) is 5.69 Å². The van der Waals surface area contributed by atoms with Gasteiger partial charge in [-0.05, 0) is 17.9 Å². The standard InChI is InChI=1S/C18H22N6O2S/c1-5-23-16(13-6-8-14(9-7-13)18(2,3)4)20-21-17(23)27-12-22-11-15(10-19-22)24(25)26/h6-11H,5,12H2,1-4H3. The molecule has 0 atom stereocenters. The monoisotopic (exact) mass is 386 g/mol. The summed E-state index contributed by atoms with van der Waals surface area (Å²) < 4.78 is 3.56. The Morgan fingerprint density at radius 1 is 1.19 bits per heavy atom. The summed E-state index contributed by atoms with van der Waals surface area (Å²) in [4.78, 5) is 10.3. The normalized spacial score (nSPS) is 11.7. The van der Waals surface area contributed by atoms with Gasteiger partial charge in [-0.25, -0.2) is 0 Å². The highest BCUT2D eigenvalue weighted by Crippen LogP contribution is 2.28. The second-order valence-electron chi connectivity index (χ2n) is 7.15. The van der Waals surface area contributed by atoms with Crippen molar-refractivity contribution in [1.82, 2.24) is 24.5 Å². The molecule has 0 N–H and O–H groups in total. The van der Waals surface area contributed by atoms with Crippen LogP contribution >= 0.6 is 11.8 Å². The molecular formula is C18H22N6O2S. The summed E-state index contributed by atoms with van der Waals surface area (Å²) in [6.45, 7) is 9.32. The Hall–Kier alpha value is -2.68. The van der Waals surface area contributed by atoms with Crippen LogP contribution in [-0.2, 0) is 17.8 Å². The first kappa shape index (κ1) is 19.1. The van der Waals surface area contributed by atoms with Crippen LogP contribution in [-0.4, -0.2) is 29.5 Å². The topological polar surface area (TPSA) is 91.7 Å². The van der Waals surface area contributed by atoms with Crippen LogP contribution in [0.2, 0.25) is 0 Å². The Morgan fingerprint density at radius 2 is 1.89 bits per heavy atom. The van der Waals surface area contributed by atoms with Crippen molar-refractivity contribution in [2.45, 2.75) is 50.7 Å². The van der Waals surface area contributed by atoms with Crippen molar-refractivity contribution in [2.24, 2.45) is 0 Å². The Bertz CT molecular complexity index is 940. The van der Waals surface area contributed by atoms with Crippen LogP contribution in [0.3, 0.4) is 0 Å². The zero-order chi connectivity index (χ0) is 19.6. The van der Waals surface area contributed by atoms with E-state index < -0.39 is 4.92 Å². The highest BCUT2D eigenvalue weighted by molar-refractivity contribution is 7.98. The van der Waals surface area contributed by atoms with Gasteiger partial charge in [0.2, 0.25) is 0 Å². The molecule has 0 aliphatic carbocycles. The molecule has 0 radical (unpaired) electrons. The molecular weight excluding hydrogens is 364 g/mol. The zero-order valence-electron chi connectivity index (χ0n) is 15.8. The third-order valence-corrected chi connectivity index (χ3v) is 5.15. The fourth-order valence-corrected chi connectivity index (χ4v) is 3.51. The van der Waals surface area contributed by atoms with E-state index >= 15 is 0 Å². The highest BCUT2D eigenvalue weighted by Gasteiger charge is 2.17. The fraction of sp³-hybridized carbons (Fsp3) is 0.389. The summed E-state index contributed by atoms with van der Waals surface area (Å²) in [5.41, 5.74) is 2.36. The number of nitro groups is 1. The Balaban J connectivity index is 1.79. The van der Waals surface area contributed by atoms with Crippen molar-refractivity contribution < 1.29 is 4.92 Å². The Labute approximate surface area is 161 Å². The molecule has 8 nitrogen and oxygen atoms in total. The molecule has 9 heteroatoms. The maximum Gasteiger partial charge on any atom is 0.307 e. The van der Waals surface area contributed by atoms with Crippen LogP contribution in [0.15, 0.2) is 41.8 Å². The van der Waals surface area contributed by atoms with Gasteiger partial charge >= 0.3 is 5.69 Å². The summed E-state index contributed by atoms with van der Waals surface area (Å²) >= 11 is 1.44. The van der Waals surface area contributed by atoms with Crippen molar-refractivity contribution in [1.29, 1.82) is 0 Å². The zero-order valence-corrected chi connectivity index (χ0v) is 16.6. The number of hydrogen-bond donors (Lipinski definition) is 0. The molecule has 142 valence electrons. The lowest BCUT2D eigenvalue weighted by Crippen LogP contribution is -2.10.